The third kappa shape index (κ3) is 9.37. The summed E-state index contributed by atoms with van der Waals surface area (Å²) in [5.74, 6) is 5.00. The van der Waals surface area contributed by atoms with Gasteiger partial charge >= 0.3 is 0 Å². The van der Waals surface area contributed by atoms with Crippen LogP contribution in [0.3, 0.4) is 0 Å². The predicted molar refractivity (Wildman–Crippen MR) is 247 cm³/mol. The van der Waals surface area contributed by atoms with Crippen LogP contribution in [0.2, 0.25) is 0 Å². The lowest BCUT2D eigenvalue weighted by Gasteiger charge is -2.39. The molecule has 3 aliphatic rings. The average molecular weight is 761 g/mol. The van der Waals surface area contributed by atoms with Gasteiger partial charge < -0.3 is 0 Å². The molecule has 0 atom stereocenters. The lowest BCUT2D eigenvalue weighted by atomic mass is 9.76. The largest absolute Gasteiger partial charge is 0.0587 e. The molecule has 0 spiro atoms. The highest BCUT2D eigenvalue weighted by molar-refractivity contribution is 7.80. The fourth-order valence-corrected chi connectivity index (χ4v) is 14.8. The molecule has 0 amide bonds. The Morgan fingerprint density at radius 2 is 0.636 bits per heavy atom. The highest BCUT2D eigenvalue weighted by Gasteiger charge is 2.38. The zero-order valence-electron chi connectivity index (χ0n) is 37.7. The standard InChI is InChI=1S/C54H81P/c1-34(2)43-28-46(36(5)6)52(47(29-43)37(7)8)55(53-48(38(9)10)30-44(35(3)4)31-49(53)39(11)12)54-50(41-24-18-14-19-25-41)32-45(40-22-16-13-17-23-40)33-51(54)42-26-20-15-21-27-42/h28-42H,13-27H2,1-12H3. The molecule has 55 heavy (non-hydrogen) atoms. The molecule has 0 unspecified atom stereocenters. The minimum absolute atomic E-state index is 0.467. The van der Waals surface area contributed by atoms with Crippen molar-refractivity contribution in [3.63, 3.8) is 0 Å². The smallest absolute Gasteiger partial charge is 0.00808 e. The van der Waals surface area contributed by atoms with Gasteiger partial charge in [0, 0.05) is 0 Å². The van der Waals surface area contributed by atoms with Gasteiger partial charge in [-0.1, -0.05) is 177 Å². The van der Waals surface area contributed by atoms with Crippen LogP contribution in [-0.2, 0) is 0 Å². The lowest BCUT2D eigenvalue weighted by molar-refractivity contribution is 0.429. The maximum Gasteiger partial charge on any atom is -0.00808 e. The summed E-state index contributed by atoms with van der Waals surface area (Å²) in [6, 6.07) is 16.5. The molecule has 0 bridgehead atoms. The van der Waals surface area contributed by atoms with E-state index in [1.165, 1.54) is 107 Å². The molecular formula is C54H81P. The van der Waals surface area contributed by atoms with Crippen molar-refractivity contribution in [2.45, 2.75) is 233 Å². The van der Waals surface area contributed by atoms with Gasteiger partial charge in [-0.2, -0.15) is 0 Å². The van der Waals surface area contributed by atoms with E-state index in [9.17, 15) is 0 Å². The van der Waals surface area contributed by atoms with Gasteiger partial charge in [0.2, 0.25) is 0 Å². The van der Waals surface area contributed by atoms with Crippen molar-refractivity contribution < 1.29 is 0 Å². The minimum atomic E-state index is -0.843. The third-order valence-corrected chi connectivity index (χ3v) is 17.1. The monoisotopic (exact) mass is 761 g/mol. The van der Waals surface area contributed by atoms with Crippen LogP contribution in [0.5, 0.6) is 0 Å². The van der Waals surface area contributed by atoms with Crippen LogP contribution in [0, 0.1) is 0 Å². The van der Waals surface area contributed by atoms with Gasteiger partial charge in [-0.3, -0.25) is 0 Å². The molecule has 0 N–H and O–H groups in total. The molecule has 3 saturated carbocycles. The molecule has 0 heterocycles. The molecule has 0 aromatic heterocycles. The Labute approximate surface area is 341 Å². The van der Waals surface area contributed by atoms with Crippen molar-refractivity contribution in [1.82, 2.24) is 0 Å². The SMILES string of the molecule is CC(C)c1cc(C(C)C)c(P(c2c(C(C)C)cc(C(C)C)cc2C(C)C)c2c(C3CCCCC3)cc(C3CCCCC3)cc2C2CCCCC2)c(C(C)C)c1. The first-order chi connectivity index (χ1) is 26.3. The van der Waals surface area contributed by atoms with Gasteiger partial charge in [-0.05, 0) is 166 Å². The summed E-state index contributed by atoms with van der Waals surface area (Å²) in [5.41, 5.74) is 15.0. The molecule has 0 nitrogen and oxygen atoms in total. The van der Waals surface area contributed by atoms with E-state index in [4.69, 9.17) is 0 Å². The Morgan fingerprint density at radius 1 is 0.345 bits per heavy atom. The van der Waals surface area contributed by atoms with E-state index < -0.39 is 7.92 Å². The van der Waals surface area contributed by atoms with Crippen LogP contribution >= 0.6 is 7.92 Å². The molecule has 0 radical (unpaired) electrons. The van der Waals surface area contributed by atoms with Crippen LogP contribution < -0.4 is 15.9 Å². The molecule has 3 fully saturated rings. The van der Waals surface area contributed by atoms with Crippen molar-refractivity contribution >= 4 is 23.8 Å². The number of benzene rings is 3. The Kier molecular flexibility index (Phi) is 14.6. The van der Waals surface area contributed by atoms with Gasteiger partial charge in [0.25, 0.3) is 0 Å². The van der Waals surface area contributed by atoms with Gasteiger partial charge in [0.05, 0.1) is 0 Å². The summed E-state index contributed by atoms with van der Waals surface area (Å²) in [4.78, 5) is 0. The molecule has 0 aliphatic heterocycles. The van der Waals surface area contributed by atoms with Gasteiger partial charge in [0.15, 0.2) is 0 Å². The zero-order chi connectivity index (χ0) is 39.6. The first-order valence-corrected chi connectivity index (χ1v) is 25.0. The van der Waals surface area contributed by atoms with E-state index in [-0.39, 0.29) is 0 Å². The second kappa shape index (κ2) is 18.8. The van der Waals surface area contributed by atoms with Crippen molar-refractivity contribution in [3.05, 3.63) is 86.5 Å². The van der Waals surface area contributed by atoms with Crippen molar-refractivity contribution in [2.24, 2.45) is 0 Å². The van der Waals surface area contributed by atoms with E-state index in [0.29, 0.717) is 47.3 Å². The minimum Gasteiger partial charge on any atom is -0.0587 e. The topological polar surface area (TPSA) is 0 Å². The molecule has 3 aromatic rings. The first kappa shape index (κ1) is 42.7. The van der Waals surface area contributed by atoms with Crippen LogP contribution in [0.1, 0.15) is 283 Å². The Bertz CT molecular complexity index is 1540. The molecule has 1 heteroatoms. The van der Waals surface area contributed by atoms with E-state index in [1.54, 1.807) is 38.4 Å². The summed E-state index contributed by atoms with van der Waals surface area (Å²) in [7, 11) is -0.843. The lowest BCUT2D eigenvalue weighted by Crippen LogP contribution is -2.36. The summed E-state index contributed by atoms with van der Waals surface area (Å²) in [5, 5.41) is 5.32. The van der Waals surface area contributed by atoms with Crippen LogP contribution in [0.15, 0.2) is 36.4 Å². The second-order valence-corrected chi connectivity index (χ2v) is 22.4. The second-order valence-electron chi connectivity index (χ2n) is 20.4. The van der Waals surface area contributed by atoms with E-state index in [1.807, 2.05) is 16.4 Å². The molecule has 3 aromatic carbocycles. The molecule has 0 saturated heterocycles. The fourth-order valence-electron chi connectivity index (χ4n) is 10.8. The summed E-state index contributed by atoms with van der Waals surface area (Å²) >= 11 is 0. The highest BCUT2D eigenvalue weighted by atomic mass is 31.1. The fraction of sp³-hybridized carbons (Fsp3) is 0.667. The summed E-state index contributed by atoms with van der Waals surface area (Å²) < 4.78 is 0. The van der Waals surface area contributed by atoms with Gasteiger partial charge in [-0.25, -0.2) is 0 Å². The highest BCUT2D eigenvalue weighted by Crippen LogP contribution is 2.51. The van der Waals surface area contributed by atoms with Crippen molar-refractivity contribution in [2.75, 3.05) is 0 Å². The summed E-state index contributed by atoms with van der Waals surface area (Å²) in [6.07, 6.45) is 20.9. The Morgan fingerprint density at radius 3 is 0.909 bits per heavy atom. The van der Waals surface area contributed by atoms with Crippen molar-refractivity contribution in [1.29, 1.82) is 0 Å². The van der Waals surface area contributed by atoms with Crippen molar-refractivity contribution in [3.8, 4) is 0 Å². The van der Waals surface area contributed by atoms with Gasteiger partial charge in [0.1, 0.15) is 0 Å². The maximum atomic E-state index is 2.89. The quantitative estimate of drug-likeness (QED) is 0.161. The number of hydrogen-bond acceptors (Lipinski definition) is 0. The Hall–Kier alpha value is -1.91. The van der Waals surface area contributed by atoms with E-state index in [0.717, 1.165) is 5.92 Å². The predicted octanol–water partition coefficient (Wildman–Crippen LogP) is 16.3. The van der Waals surface area contributed by atoms with Crippen LogP contribution in [-0.4, -0.2) is 0 Å². The third-order valence-electron chi connectivity index (χ3n) is 14.2. The van der Waals surface area contributed by atoms with Crippen LogP contribution in [0.4, 0.5) is 0 Å². The molecule has 302 valence electrons. The molecule has 6 rings (SSSR count). The van der Waals surface area contributed by atoms with Gasteiger partial charge in [-0.15, -0.1) is 0 Å². The van der Waals surface area contributed by atoms with E-state index in [2.05, 4.69) is 119 Å². The van der Waals surface area contributed by atoms with E-state index >= 15 is 0 Å². The molecule has 3 aliphatic carbocycles. The number of hydrogen-bond donors (Lipinski definition) is 0. The maximum absolute atomic E-state index is 2.89. The summed E-state index contributed by atoms with van der Waals surface area (Å²) in [6.45, 7) is 29.7. The zero-order valence-corrected chi connectivity index (χ0v) is 38.6. The first-order valence-electron chi connectivity index (χ1n) is 23.6. The normalized spacial score (nSPS) is 18.4. The van der Waals surface area contributed by atoms with Crippen LogP contribution in [0.25, 0.3) is 0 Å². The Balaban J connectivity index is 1.85. The number of rotatable bonds is 12. The average Bonchev–Trinajstić information content (AvgIpc) is 3.18. The molecular weight excluding hydrogens is 680 g/mol.